The Kier molecular flexibility index (Phi) is 4.53. The van der Waals surface area contributed by atoms with Gasteiger partial charge >= 0.3 is 5.56 Å². The molecule has 0 aliphatic heterocycles. The highest BCUT2D eigenvalue weighted by Gasteiger charge is 2.31. The van der Waals surface area contributed by atoms with Crippen LogP contribution in [0.15, 0.2) is 41.5 Å². The molecule has 7 heteroatoms. The van der Waals surface area contributed by atoms with Crippen molar-refractivity contribution in [3.05, 3.63) is 58.4 Å². The molecule has 7 nitrogen and oxygen atoms in total. The lowest BCUT2D eigenvalue weighted by molar-refractivity contribution is -0.116. The first-order chi connectivity index (χ1) is 13.3. The second-order valence-electron chi connectivity index (χ2n) is 8.69. The van der Waals surface area contributed by atoms with Gasteiger partial charge in [-0.3, -0.25) is 15.0 Å². The van der Waals surface area contributed by atoms with E-state index in [1.54, 1.807) is 6.33 Å². The van der Waals surface area contributed by atoms with Gasteiger partial charge < -0.3 is 4.57 Å². The highest BCUT2D eigenvalue weighted by molar-refractivity contribution is 5.86. The molecule has 0 radical (unpaired) electrons. The van der Waals surface area contributed by atoms with Crippen molar-refractivity contribution in [2.75, 3.05) is 5.43 Å². The fraction of sp³-hybridized carbons (Fsp3) is 0.429. The van der Waals surface area contributed by atoms with Crippen molar-refractivity contribution in [3.63, 3.8) is 0 Å². The van der Waals surface area contributed by atoms with Crippen LogP contribution in [0.1, 0.15) is 50.9 Å². The minimum absolute atomic E-state index is 0.0355. The molecule has 28 heavy (non-hydrogen) atoms. The maximum atomic E-state index is 13.1. The van der Waals surface area contributed by atoms with Crippen LogP contribution in [-0.2, 0) is 17.8 Å². The maximum Gasteiger partial charge on any atom is 0.300 e. The average molecular weight is 379 g/mol. The van der Waals surface area contributed by atoms with Gasteiger partial charge in [-0.15, -0.1) is 0 Å². The first-order valence-electron chi connectivity index (χ1n) is 9.63. The molecular formula is C21H25N5O2. The van der Waals surface area contributed by atoms with Crippen LogP contribution in [0.3, 0.4) is 0 Å². The second kappa shape index (κ2) is 6.89. The van der Waals surface area contributed by atoms with Gasteiger partial charge in [-0.25, -0.2) is 14.6 Å². The van der Waals surface area contributed by atoms with Crippen LogP contribution in [0.5, 0.6) is 0 Å². The van der Waals surface area contributed by atoms with E-state index in [2.05, 4.69) is 31.2 Å². The van der Waals surface area contributed by atoms with E-state index >= 15 is 0 Å². The summed E-state index contributed by atoms with van der Waals surface area (Å²) in [5.41, 5.74) is 4.24. The van der Waals surface area contributed by atoms with Crippen LogP contribution in [0.25, 0.3) is 11.2 Å². The van der Waals surface area contributed by atoms with Crippen molar-refractivity contribution in [3.8, 4) is 0 Å². The summed E-state index contributed by atoms with van der Waals surface area (Å²) in [5.74, 6) is 0.576. The van der Waals surface area contributed by atoms with E-state index in [0.717, 1.165) is 18.4 Å². The number of rotatable bonds is 5. The Morgan fingerprint density at radius 2 is 1.93 bits per heavy atom. The van der Waals surface area contributed by atoms with E-state index in [1.165, 1.54) is 4.68 Å². The van der Waals surface area contributed by atoms with Gasteiger partial charge in [0, 0.05) is 12.5 Å². The van der Waals surface area contributed by atoms with Gasteiger partial charge in [-0.05, 0) is 23.8 Å². The van der Waals surface area contributed by atoms with Crippen LogP contribution in [0, 0.1) is 5.41 Å². The van der Waals surface area contributed by atoms with Crippen LogP contribution < -0.4 is 11.0 Å². The Hall–Kier alpha value is -2.96. The SMILES string of the molecule is CC(C)(C)Cn1cnc2c(=O)n(NC(=O)Cc3ccccc3)c(C3CC3)nc21. The predicted octanol–water partition coefficient (Wildman–Crippen LogP) is 2.83. The molecule has 1 aliphatic carbocycles. The van der Waals surface area contributed by atoms with Gasteiger partial charge in [0.05, 0.1) is 12.7 Å². The molecule has 2 aromatic heterocycles. The van der Waals surface area contributed by atoms with Crippen molar-refractivity contribution in [2.45, 2.75) is 52.5 Å². The van der Waals surface area contributed by atoms with Crippen molar-refractivity contribution in [1.82, 2.24) is 19.2 Å². The molecule has 0 saturated heterocycles. The quantitative estimate of drug-likeness (QED) is 0.739. The van der Waals surface area contributed by atoms with E-state index < -0.39 is 0 Å². The largest absolute Gasteiger partial charge is 0.315 e. The Balaban J connectivity index is 1.70. The highest BCUT2D eigenvalue weighted by atomic mass is 16.2. The fourth-order valence-corrected chi connectivity index (χ4v) is 3.31. The van der Waals surface area contributed by atoms with E-state index in [0.29, 0.717) is 18.0 Å². The first-order valence-corrected chi connectivity index (χ1v) is 9.63. The topological polar surface area (TPSA) is 81.8 Å². The van der Waals surface area contributed by atoms with Crippen molar-refractivity contribution in [2.24, 2.45) is 5.41 Å². The normalized spacial score (nSPS) is 14.4. The Bertz CT molecular complexity index is 1070. The number of fused-ring (bicyclic) bond motifs is 1. The van der Waals surface area contributed by atoms with Gasteiger partial charge in [-0.2, -0.15) is 0 Å². The van der Waals surface area contributed by atoms with E-state index in [4.69, 9.17) is 4.98 Å². The molecule has 0 spiro atoms. The zero-order valence-corrected chi connectivity index (χ0v) is 16.5. The lowest BCUT2D eigenvalue weighted by Crippen LogP contribution is -2.37. The van der Waals surface area contributed by atoms with Crippen molar-refractivity contribution >= 4 is 17.1 Å². The number of carbonyl (C=O) groups is 1. The number of imidazole rings is 1. The summed E-state index contributed by atoms with van der Waals surface area (Å²) in [6.07, 6.45) is 3.81. The van der Waals surface area contributed by atoms with Crippen LogP contribution in [0.4, 0.5) is 0 Å². The van der Waals surface area contributed by atoms with E-state index in [-0.39, 0.29) is 34.7 Å². The molecule has 0 atom stereocenters. The summed E-state index contributed by atoms with van der Waals surface area (Å²) in [7, 11) is 0. The molecule has 1 fully saturated rings. The molecule has 1 amide bonds. The molecule has 2 heterocycles. The molecule has 4 rings (SSSR count). The summed E-state index contributed by atoms with van der Waals surface area (Å²) in [4.78, 5) is 34.7. The standard InChI is InChI=1S/C21H25N5O2/c1-21(2,3)12-25-13-22-17-19(25)23-18(15-9-10-15)26(20(17)28)24-16(27)11-14-7-5-4-6-8-14/h4-8,13,15H,9-12H2,1-3H3,(H,24,27). The number of nitrogens with zero attached hydrogens (tertiary/aromatic N) is 4. The zero-order chi connectivity index (χ0) is 19.9. The third kappa shape index (κ3) is 3.83. The van der Waals surface area contributed by atoms with Gasteiger partial charge in [0.15, 0.2) is 11.2 Å². The van der Waals surface area contributed by atoms with E-state index in [1.807, 2.05) is 34.9 Å². The number of benzene rings is 1. The van der Waals surface area contributed by atoms with Crippen molar-refractivity contribution in [1.29, 1.82) is 0 Å². The Morgan fingerprint density at radius 1 is 1.21 bits per heavy atom. The second-order valence-corrected chi connectivity index (χ2v) is 8.69. The lowest BCUT2D eigenvalue weighted by Gasteiger charge is -2.19. The number of hydrogen-bond donors (Lipinski definition) is 1. The Labute approximate surface area is 163 Å². The summed E-state index contributed by atoms with van der Waals surface area (Å²) in [6.45, 7) is 7.10. The zero-order valence-electron chi connectivity index (χ0n) is 16.5. The summed E-state index contributed by atoms with van der Waals surface area (Å²) >= 11 is 0. The monoisotopic (exact) mass is 379 g/mol. The van der Waals surface area contributed by atoms with Gasteiger partial charge in [0.25, 0.3) is 0 Å². The molecule has 1 aliphatic rings. The van der Waals surface area contributed by atoms with Crippen LogP contribution >= 0.6 is 0 Å². The van der Waals surface area contributed by atoms with E-state index in [9.17, 15) is 9.59 Å². The first kappa shape index (κ1) is 18.4. The van der Waals surface area contributed by atoms with Gasteiger partial charge in [0.2, 0.25) is 5.91 Å². The fourth-order valence-electron chi connectivity index (χ4n) is 3.31. The number of nitrogens with one attached hydrogen (secondary N) is 1. The molecule has 0 unspecified atom stereocenters. The lowest BCUT2D eigenvalue weighted by atomic mass is 9.97. The molecule has 0 bridgehead atoms. The predicted molar refractivity (Wildman–Crippen MR) is 108 cm³/mol. The smallest absolute Gasteiger partial charge is 0.300 e. The minimum Gasteiger partial charge on any atom is -0.315 e. The molecule has 3 aromatic rings. The maximum absolute atomic E-state index is 13.1. The van der Waals surface area contributed by atoms with Crippen LogP contribution in [-0.4, -0.2) is 25.1 Å². The van der Waals surface area contributed by atoms with Gasteiger partial charge in [0.1, 0.15) is 5.82 Å². The third-order valence-corrected chi connectivity index (χ3v) is 4.70. The number of amides is 1. The third-order valence-electron chi connectivity index (χ3n) is 4.70. The summed E-state index contributed by atoms with van der Waals surface area (Å²) < 4.78 is 3.23. The summed E-state index contributed by atoms with van der Waals surface area (Å²) in [6, 6.07) is 9.46. The van der Waals surface area contributed by atoms with Crippen LogP contribution in [0.2, 0.25) is 0 Å². The Morgan fingerprint density at radius 3 is 2.57 bits per heavy atom. The minimum atomic E-state index is -0.319. The number of carbonyl (C=O) groups excluding carboxylic acids is 1. The molecule has 1 aromatic carbocycles. The molecular weight excluding hydrogens is 354 g/mol. The van der Waals surface area contributed by atoms with Crippen molar-refractivity contribution < 1.29 is 4.79 Å². The number of hydrogen-bond acceptors (Lipinski definition) is 4. The molecule has 1 N–H and O–H groups in total. The highest BCUT2D eigenvalue weighted by Crippen LogP contribution is 2.38. The molecule has 146 valence electrons. The summed E-state index contributed by atoms with van der Waals surface area (Å²) in [5, 5.41) is 0. The number of aromatic nitrogens is 4. The average Bonchev–Trinajstić information content (AvgIpc) is 3.39. The molecule has 1 saturated carbocycles. The van der Waals surface area contributed by atoms with Gasteiger partial charge in [-0.1, -0.05) is 51.1 Å².